The molecular formula is C20H23N5O2. The number of nitrogens with one attached hydrogen (secondary N) is 3. The molecule has 7 heteroatoms. The Kier molecular flexibility index (Phi) is 6.30. The average Bonchev–Trinajstić information content (AvgIpc) is 3.39. The van der Waals surface area contributed by atoms with E-state index in [4.69, 9.17) is 4.42 Å². The van der Waals surface area contributed by atoms with Crippen molar-refractivity contribution in [2.75, 3.05) is 18.9 Å². The number of furan rings is 1. The lowest BCUT2D eigenvalue weighted by Gasteiger charge is -2.12. The zero-order valence-corrected chi connectivity index (χ0v) is 15.2. The van der Waals surface area contributed by atoms with Crippen LogP contribution in [0, 0.1) is 0 Å². The molecular weight excluding hydrogens is 342 g/mol. The Balaban J connectivity index is 1.43. The van der Waals surface area contributed by atoms with Crippen molar-refractivity contribution in [2.45, 2.75) is 13.1 Å². The first-order valence-corrected chi connectivity index (χ1v) is 8.73. The van der Waals surface area contributed by atoms with Crippen LogP contribution in [-0.2, 0) is 13.1 Å². The standard InChI is InChI=1S/C20H23N5O2/c1-21-20(22-10-13-25-11-2-3-12-25)23-15-16-6-8-17(9-7-16)24-19(26)18-5-4-14-27-18/h2-9,11-12,14H,10,13,15H2,1H3,(H,24,26)(H2,21,22,23). The molecule has 0 unspecified atom stereocenters. The van der Waals surface area contributed by atoms with Gasteiger partial charge < -0.3 is 24.9 Å². The molecule has 0 bridgehead atoms. The van der Waals surface area contributed by atoms with Gasteiger partial charge in [-0.2, -0.15) is 0 Å². The molecule has 3 N–H and O–H groups in total. The van der Waals surface area contributed by atoms with Crippen LogP contribution in [0.3, 0.4) is 0 Å². The number of guanidine groups is 1. The van der Waals surface area contributed by atoms with E-state index in [0.717, 1.165) is 30.3 Å². The maximum atomic E-state index is 12.0. The van der Waals surface area contributed by atoms with E-state index in [2.05, 4.69) is 25.5 Å². The number of benzene rings is 1. The first-order valence-electron chi connectivity index (χ1n) is 8.73. The summed E-state index contributed by atoms with van der Waals surface area (Å²) in [7, 11) is 1.75. The Morgan fingerprint density at radius 3 is 2.52 bits per heavy atom. The topological polar surface area (TPSA) is 83.6 Å². The maximum Gasteiger partial charge on any atom is 0.291 e. The Bertz CT molecular complexity index is 852. The molecule has 0 aliphatic rings. The summed E-state index contributed by atoms with van der Waals surface area (Å²) in [6, 6.07) is 15.0. The highest BCUT2D eigenvalue weighted by Gasteiger charge is 2.08. The van der Waals surface area contributed by atoms with Crippen LogP contribution in [-0.4, -0.2) is 30.0 Å². The van der Waals surface area contributed by atoms with Gasteiger partial charge in [0.2, 0.25) is 0 Å². The Labute approximate surface area is 158 Å². The lowest BCUT2D eigenvalue weighted by atomic mass is 10.2. The lowest BCUT2D eigenvalue weighted by Crippen LogP contribution is -2.38. The van der Waals surface area contributed by atoms with E-state index in [1.807, 2.05) is 48.8 Å². The molecule has 2 heterocycles. The molecule has 1 amide bonds. The highest BCUT2D eigenvalue weighted by Crippen LogP contribution is 2.11. The van der Waals surface area contributed by atoms with Crippen molar-refractivity contribution in [1.29, 1.82) is 0 Å². The SMILES string of the molecule is CN=C(NCCn1cccc1)NCc1ccc(NC(=O)c2ccco2)cc1. The minimum atomic E-state index is -0.266. The summed E-state index contributed by atoms with van der Waals surface area (Å²) in [4.78, 5) is 16.2. The molecule has 0 spiro atoms. The molecule has 0 aliphatic heterocycles. The molecule has 3 aromatic rings. The van der Waals surface area contributed by atoms with E-state index in [-0.39, 0.29) is 11.7 Å². The fraction of sp³-hybridized carbons (Fsp3) is 0.200. The summed E-state index contributed by atoms with van der Waals surface area (Å²) in [6.45, 7) is 2.29. The number of carbonyl (C=O) groups excluding carboxylic acids is 1. The molecule has 1 aromatic carbocycles. The van der Waals surface area contributed by atoms with Crippen LogP contribution in [0.4, 0.5) is 5.69 Å². The van der Waals surface area contributed by atoms with Crippen molar-refractivity contribution in [3.63, 3.8) is 0 Å². The molecule has 27 heavy (non-hydrogen) atoms. The summed E-state index contributed by atoms with van der Waals surface area (Å²) < 4.78 is 7.19. The summed E-state index contributed by atoms with van der Waals surface area (Å²) in [5.41, 5.74) is 1.80. The number of amides is 1. The number of nitrogens with zero attached hydrogens (tertiary/aromatic N) is 2. The minimum absolute atomic E-state index is 0.266. The zero-order chi connectivity index (χ0) is 18.9. The number of rotatable bonds is 7. The van der Waals surface area contributed by atoms with E-state index < -0.39 is 0 Å². The van der Waals surface area contributed by atoms with Crippen molar-refractivity contribution >= 4 is 17.6 Å². The van der Waals surface area contributed by atoms with Crippen LogP contribution in [0.15, 0.2) is 76.6 Å². The summed E-state index contributed by atoms with van der Waals surface area (Å²) in [5, 5.41) is 9.35. The number of anilines is 1. The van der Waals surface area contributed by atoms with Crippen molar-refractivity contribution < 1.29 is 9.21 Å². The van der Waals surface area contributed by atoms with Crippen molar-refractivity contribution in [3.8, 4) is 0 Å². The molecule has 0 atom stereocenters. The molecule has 0 saturated heterocycles. The van der Waals surface area contributed by atoms with E-state index in [9.17, 15) is 4.79 Å². The maximum absolute atomic E-state index is 12.0. The van der Waals surface area contributed by atoms with Gasteiger partial charge in [-0.05, 0) is 42.0 Å². The normalized spacial score (nSPS) is 11.2. The quantitative estimate of drug-likeness (QED) is 0.444. The van der Waals surface area contributed by atoms with Gasteiger partial charge in [0.15, 0.2) is 11.7 Å². The number of hydrogen-bond acceptors (Lipinski definition) is 3. The van der Waals surface area contributed by atoms with Gasteiger partial charge in [0, 0.05) is 44.8 Å². The second kappa shape index (κ2) is 9.28. The van der Waals surface area contributed by atoms with Crippen LogP contribution in [0.5, 0.6) is 0 Å². The predicted octanol–water partition coefficient (Wildman–Crippen LogP) is 2.70. The largest absolute Gasteiger partial charge is 0.459 e. The molecule has 7 nitrogen and oxygen atoms in total. The van der Waals surface area contributed by atoms with Crippen LogP contribution in [0.1, 0.15) is 16.1 Å². The molecule has 0 aliphatic carbocycles. The third-order valence-corrected chi connectivity index (χ3v) is 3.97. The van der Waals surface area contributed by atoms with Gasteiger partial charge in [-0.25, -0.2) is 0 Å². The van der Waals surface area contributed by atoms with E-state index in [1.54, 1.807) is 19.2 Å². The smallest absolute Gasteiger partial charge is 0.291 e. The zero-order valence-electron chi connectivity index (χ0n) is 15.2. The number of hydrogen-bond donors (Lipinski definition) is 3. The van der Waals surface area contributed by atoms with Gasteiger partial charge >= 0.3 is 0 Å². The van der Waals surface area contributed by atoms with Crippen LogP contribution in [0.2, 0.25) is 0 Å². The van der Waals surface area contributed by atoms with Gasteiger partial charge in [-0.15, -0.1) is 0 Å². The number of carbonyl (C=O) groups is 1. The van der Waals surface area contributed by atoms with E-state index >= 15 is 0 Å². The Morgan fingerprint density at radius 1 is 1.07 bits per heavy atom. The monoisotopic (exact) mass is 365 g/mol. The molecule has 0 saturated carbocycles. The second-order valence-corrected chi connectivity index (χ2v) is 5.90. The average molecular weight is 365 g/mol. The van der Waals surface area contributed by atoms with Gasteiger partial charge in [0.1, 0.15) is 0 Å². The Morgan fingerprint density at radius 2 is 1.85 bits per heavy atom. The molecule has 2 aromatic heterocycles. The van der Waals surface area contributed by atoms with Crippen LogP contribution < -0.4 is 16.0 Å². The minimum Gasteiger partial charge on any atom is -0.459 e. The fourth-order valence-corrected chi connectivity index (χ4v) is 2.54. The van der Waals surface area contributed by atoms with Crippen molar-refractivity contribution in [2.24, 2.45) is 4.99 Å². The van der Waals surface area contributed by atoms with Gasteiger partial charge in [-0.3, -0.25) is 9.79 Å². The van der Waals surface area contributed by atoms with E-state index in [0.29, 0.717) is 6.54 Å². The van der Waals surface area contributed by atoms with Gasteiger partial charge in [-0.1, -0.05) is 12.1 Å². The van der Waals surface area contributed by atoms with Gasteiger partial charge in [0.05, 0.1) is 6.26 Å². The summed E-state index contributed by atoms with van der Waals surface area (Å²) in [5.74, 6) is 0.769. The van der Waals surface area contributed by atoms with Crippen LogP contribution >= 0.6 is 0 Å². The molecule has 3 rings (SSSR count). The molecule has 0 radical (unpaired) electrons. The highest BCUT2D eigenvalue weighted by atomic mass is 16.3. The van der Waals surface area contributed by atoms with Crippen LogP contribution in [0.25, 0.3) is 0 Å². The number of aromatic nitrogens is 1. The molecule has 140 valence electrons. The molecule has 0 fully saturated rings. The summed E-state index contributed by atoms with van der Waals surface area (Å²) >= 11 is 0. The van der Waals surface area contributed by atoms with Crippen molar-refractivity contribution in [3.05, 3.63) is 78.5 Å². The summed E-state index contributed by atoms with van der Waals surface area (Å²) in [6.07, 6.45) is 5.54. The van der Waals surface area contributed by atoms with Crippen molar-refractivity contribution in [1.82, 2.24) is 15.2 Å². The second-order valence-electron chi connectivity index (χ2n) is 5.90. The fourth-order valence-electron chi connectivity index (χ4n) is 2.54. The van der Waals surface area contributed by atoms with Gasteiger partial charge in [0.25, 0.3) is 5.91 Å². The predicted molar refractivity (Wildman–Crippen MR) is 106 cm³/mol. The third-order valence-electron chi connectivity index (χ3n) is 3.97. The number of aliphatic imine (C=N–C) groups is 1. The first-order chi connectivity index (χ1) is 13.2. The highest BCUT2D eigenvalue weighted by molar-refractivity contribution is 6.02. The van der Waals surface area contributed by atoms with E-state index in [1.165, 1.54) is 6.26 Å². The third kappa shape index (κ3) is 5.50. The lowest BCUT2D eigenvalue weighted by molar-refractivity contribution is 0.0996. The first kappa shape index (κ1) is 18.3. The Hall–Kier alpha value is -3.48.